The first kappa shape index (κ1) is 22.8. The molecule has 1 atom stereocenters. The molecule has 10 heteroatoms. The van der Waals surface area contributed by atoms with Crippen LogP contribution in [0.4, 0.5) is 10.6 Å². The third-order valence-corrected chi connectivity index (χ3v) is 6.34. The van der Waals surface area contributed by atoms with Gasteiger partial charge in [-0.2, -0.15) is 5.10 Å². The lowest BCUT2D eigenvalue weighted by Gasteiger charge is -2.25. The van der Waals surface area contributed by atoms with E-state index in [1.807, 2.05) is 13.0 Å². The Bertz CT molecular complexity index is 1190. The van der Waals surface area contributed by atoms with E-state index in [1.54, 1.807) is 48.5 Å². The van der Waals surface area contributed by atoms with Crippen LogP contribution in [0.15, 0.2) is 60.8 Å². The number of urea groups is 1. The number of carbonyl (C=O) groups excluding carboxylic acids is 3. The molecule has 0 radical (unpaired) electrons. The summed E-state index contributed by atoms with van der Waals surface area (Å²) < 4.78 is 1.52. The van der Waals surface area contributed by atoms with Gasteiger partial charge < -0.3 is 10.6 Å². The zero-order valence-corrected chi connectivity index (χ0v) is 19.2. The minimum Gasteiger partial charge on any atom is -0.319 e. The van der Waals surface area contributed by atoms with Gasteiger partial charge in [-0.05, 0) is 24.1 Å². The summed E-state index contributed by atoms with van der Waals surface area (Å²) >= 11 is 12.5. The number of halogens is 2. The number of nitrogens with zero attached hydrogens (tertiary/aromatic N) is 3. The fourth-order valence-electron chi connectivity index (χ4n) is 3.86. The van der Waals surface area contributed by atoms with Gasteiger partial charge in [0.25, 0.3) is 5.91 Å². The van der Waals surface area contributed by atoms with Gasteiger partial charge in [-0.3, -0.25) is 14.5 Å². The highest BCUT2D eigenvalue weighted by molar-refractivity contribution is 6.36. The number of imide groups is 1. The Hall–Kier alpha value is -3.36. The Kier molecular flexibility index (Phi) is 6.40. The molecule has 0 saturated carbocycles. The highest BCUT2D eigenvalue weighted by atomic mass is 35.5. The summed E-state index contributed by atoms with van der Waals surface area (Å²) in [5, 5.41) is 10.6. The first-order valence-electron chi connectivity index (χ1n) is 10.3. The molecule has 1 unspecified atom stereocenters. The molecule has 4 amide bonds. The number of aromatic nitrogens is 2. The van der Waals surface area contributed by atoms with Crippen molar-refractivity contribution >= 4 is 46.9 Å². The number of hydrogen-bond donors (Lipinski definition) is 2. The maximum absolute atomic E-state index is 13.2. The highest BCUT2D eigenvalue weighted by Gasteiger charge is 2.51. The van der Waals surface area contributed by atoms with E-state index in [1.165, 1.54) is 10.9 Å². The van der Waals surface area contributed by atoms with Gasteiger partial charge in [-0.25, -0.2) is 9.48 Å². The molecule has 33 heavy (non-hydrogen) atoms. The lowest BCUT2D eigenvalue weighted by molar-refractivity contribution is -0.134. The van der Waals surface area contributed by atoms with Crippen molar-refractivity contribution < 1.29 is 14.4 Å². The summed E-state index contributed by atoms with van der Waals surface area (Å²) in [7, 11) is 0. The molecular formula is C23H21Cl2N5O3. The van der Waals surface area contributed by atoms with E-state index in [9.17, 15) is 14.4 Å². The number of hydrogen-bond acceptors (Lipinski definition) is 4. The Balaban J connectivity index is 1.49. The van der Waals surface area contributed by atoms with Gasteiger partial charge in [0.1, 0.15) is 17.9 Å². The Morgan fingerprint density at radius 3 is 2.42 bits per heavy atom. The number of amides is 4. The van der Waals surface area contributed by atoms with Gasteiger partial charge in [0, 0.05) is 21.7 Å². The van der Waals surface area contributed by atoms with Crippen LogP contribution in [0.5, 0.6) is 0 Å². The second-order valence-corrected chi connectivity index (χ2v) is 8.38. The van der Waals surface area contributed by atoms with E-state index >= 15 is 0 Å². The molecule has 0 spiro atoms. The van der Waals surface area contributed by atoms with Crippen molar-refractivity contribution in [2.75, 3.05) is 11.9 Å². The van der Waals surface area contributed by atoms with Crippen molar-refractivity contribution in [3.8, 4) is 0 Å². The van der Waals surface area contributed by atoms with E-state index in [4.69, 9.17) is 23.2 Å². The van der Waals surface area contributed by atoms with Crippen molar-refractivity contribution in [1.82, 2.24) is 20.0 Å². The van der Waals surface area contributed by atoms with Crippen LogP contribution in [0.25, 0.3) is 0 Å². The van der Waals surface area contributed by atoms with Gasteiger partial charge in [-0.1, -0.05) is 66.5 Å². The Morgan fingerprint density at radius 2 is 1.76 bits per heavy atom. The number of rotatable bonds is 7. The smallest absolute Gasteiger partial charge is 0.319 e. The van der Waals surface area contributed by atoms with Gasteiger partial charge in [0.2, 0.25) is 5.91 Å². The van der Waals surface area contributed by atoms with Gasteiger partial charge >= 0.3 is 6.03 Å². The summed E-state index contributed by atoms with van der Waals surface area (Å²) in [5.74, 6) is -0.619. The third-order valence-electron chi connectivity index (χ3n) is 5.63. The average Bonchev–Trinajstić information content (AvgIpc) is 3.34. The van der Waals surface area contributed by atoms with Crippen LogP contribution in [0.1, 0.15) is 24.5 Å². The van der Waals surface area contributed by atoms with E-state index in [0.29, 0.717) is 33.4 Å². The normalized spacial score (nSPS) is 17.8. The molecule has 1 aliphatic rings. The van der Waals surface area contributed by atoms with Crippen LogP contribution in [0, 0.1) is 0 Å². The van der Waals surface area contributed by atoms with Crippen LogP contribution in [0.3, 0.4) is 0 Å². The molecule has 2 N–H and O–H groups in total. The van der Waals surface area contributed by atoms with E-state index < -0.39 is 29.9 Å². The van der Waals surface area contributed by atoms with Crippen molar-refractivity contribution in [3.63, 3.8) is 0 Å². The van der Waals surface area contributed by atoms with Crippen LogP contribution < -0.4 is 10.6 Å². The minimum atomic E-state index is -1.19. The minimum absolute atomic E-state index is 0.233. The molecule has 1 aromatic heterocycles. The van der Waals surface area contributed by atoms with Crippen LogP contribution in [0.2, 0.25) is 10.0 Å². The number of carbonyl (C=O) groups is 3. The molecule has 170 valence electrons. The standard InChI is InChI=1S/C23H21Cl2N5O3/c1-2-23(15-7-4-3-5-8-15)21(32)29(22(33)28-23)14-20(31)27-19-11-12-26-30(19)13-16-17(24)9-6-10-18(16)25/h3-12H,2,13-14H2,1H3,(H,27,31)(H,28,33). The molecule has 1 saturated heterocycles. The Labute approximate surface area is 200 Å². The molecule has 1 fully saturated rings. The molecule has 4 rings (SSSR count). The van der Waals surface area contributed by atoms with Crippen LogP contribution in [-0.4, -0.2) is 39.1 Å². The third kappa shape index (κ3) is 4.31. The largest absolute Gasteiger partial charge is 0.325 e. The monoisotopic (exact) mass is 485 g/mol. The zero-order valence-electron chi connectivity index (χ0n) is 17.7. The molecule has 2 aromatic carbocycles. The molecule has 0 bridgehead atoms. The zero-order chi connectivity index (χ0) is 23.6. The van der Waals surface area contributed by atoms with Crippen molar-refractivity contribution in [3.05, 3.63) is 82.0 Å². The second-order valence-electron chi connectivity index (χ2n) is 7.57. The summed E-state index contributed by atoms with van der Waals surface area (Å²) in [5.41, 5.74) is 0.134. The first-order valence-corrected chi connectivity index (χ1v) is 11.1. The fraction of sp³-hybridized carbons (Fsp3) is 0.217. The molecule has 3 aromatic rings. The summed E-state index contributed by atoms with van der Waals surface area (Å²) in [6.45, 7) is 1.61. The maximum atomic E-state index is 13.2. The summed E-state index contributed by atoms with van der Waals surface area (Å²) in [6.07, 6.45) is 1.87. The van der Waals surface area contributed by atoms with Crippen LogP contribution in [-0.2, 0) is 21.7 Å². The topological polar surface area (TPSA) is 96.3 Å². The predicted molar refractivity (Wildman–Crippen MR) is 125 cm³/mol. The molecular weight excluding hydrogens is 465 g/mol. The van der Waals surface area contributed by atoms with Gasteiger partial charge in [-0.15, -0.1) is 0 Å². The Morgan fingerprint density at radius 1 is 1.06 bits per heavy atom. The van der Waals surface area contributed by atoms with Crippen molar-refractivity contribution in [1.29, 1.82) is 0 Å². The van der Waals surface area contributed by atoms with Crippen molar-refractivity contribution in [2.24, 2.45) is 0 Å². The van der Waals surface area contributed by atoms with Gasteiger partial charge in [0.15, 0.2) is 0 Å². The maximum Gasteiger partial charge on any atom is 0.325 e. The van der Waals surface area contributed by atoms with Gasteiger partial charge in [0.05, 0.1) is 12.7 Å². The molecule has 1 aliphatic heterocycles. The molecule has 0 aliphatic carbocycles. The van der Waals surface area contributed by atoms with E-state index in [2.05, 4.69) is 15.7 Å². The lowest BCUT2D eigenvalue weighted by Crippen LogP contribution is -2.44. The first-order chi connectivity index (χ1) is 15.9. The fourth-order valence-corrected chi connectivity index (χ4v) is 4.37. The van der Waals surface area contributed by atoms with Crippen molar-refractivity contribution in [2.45, 2.75) is 25.4 Å². The SMILES string of the molecule is CCC1(c2ccccc2)NC(=O)N(CC(=O)Nc2ccnn2Cc2c(Cl)cccc2Cl)C1=O. The lowest BCUT2D eigenvalue weighted by atomic mass is 9.87. The highest BCUT2D eigenvalue weighted by Crippen LogP contribution is 2.32. The predicted octanol–water partition coefficient (Wildman–Crippen LogP) is 4.03. The van der Waals surface area contributed by atoms with Crippen LogP contribution >= 0.6 is 23.2 Å². The number of nitrogens with one attached hydrogen (secondary N) is 2. The second kappa shape index (κ2) is 9.25. The summed E-state index contributed by atoms with van der Waals surface area (Å²) in [6, 6.07) is 15.2. The molecule has 8 nitrogen and oxygen atoms in total. The van der Waals surface area contributed by atoms with E-state index in [-0.39, 0.29) is 6.54 Å². The quantitative estimate of drug-likeness (QED) is 0.493. The number of anilines is 1. The molecule has 2 heterocycles. The average molecular weight is 486 g/mol. The number of benzene rings is 2. The van der Waals surface area contributed by atoms with E-state index in [0.717, 1.165) is 4.90 Å². The summed E-state index contributed by atoms with van der Waals surface area (Å²) in [4.78, 5) is 39.5.